The van der Waals surface area contributed by atoms with Crippen molar-refractivity contribution in [3.8, 4) is 0 Å². The maximum absolute atomic E-state index is 6.20. The fourth-order valence-corrected chi connectivity index (χ4v) is 3.45. The number of hydrazone groups is 1. The lowest BCUT2D eigenvalue weighted by Gasteiger charge is -2.22. The topological polar surface area (TPSA) is 28.7 Å². The van der Waals surface area contributed by atoms with Gasteiger partial charge in [0.2, 0.25) is 0 Å². The van der Waals surface area contributed by atoms with Gasteiger partial charge >= 0.3 is 0 Å². The van der Waals surface area contributed by atoms with Gasteiger partial charge in [-0.2, -0.15) is 5.10 Å². The standard InChI is InChI=1S/C19H13BrCl2N2O/c20-13-5-3-12(4-6-13)17-11-18(19-2-1-9-25-19)24(23-17)14-7-8-15(21)16(22)10-14/h1-10,18H,11H2. The molecule has 3 aromatic rings. The molecule has 0 N–H and O–H groups in total. The maximum atomic E-state index is 6.20. The number of hydrogen-bond donors (Lipinski definition) is 0. The third kappa shape index (κ3) is 3.34. The fourth-order valence-electron chi connectivity index (χ4n) is 2.90. The first kappa shape index (κ1) is 16.7. The van der Waals surface area contributed by atoms with Crippen LogP contribution in [0, 0.1) is 0 Å². The van der Waals surface area contributed by atoms with E-state index in [1.165, 1.54) is 0 Å². The molecule has 0 radical (unpaired) electrons. The Labute approximate surface area is 164 Å². The van der Waals surface area contributed by atoms with Crippen LogP contribution >= 0.6 is 39.1 Å². The molecule has 1 atom stereocenters. The van der Waals surface area contributed by atoms with Gasteiger partial charge in [0.05, 0.1) is 27.7 Å². The normalized spacial score (nSPS) is 17.0. The van der Waals surface area contributed by atoms with Gasteiger partial charge in [0.25, 0.3) is 0 Å². The van der Waals surface area contributed by atoms with Crippen molar-refractivity contribution >= 4 is 50.5 Å². The van der Waals surface area contributed by atoms with Crippen molar-refractivity contribution in [1.29, 1.82) is 0 Å². The molecule has 25 heavy (non-hydrogen) atoms. The van der Waals surface area contributed by atoms with Gasteiger partial charge in [-0.15, -0.1) is 0 Å². The Hall–Kier alpha value is -1.75. The lowest BCUT2D eigenvalue weighted by molar-refractivity contribution is 0.465. The van der Waals surface area contributed by atoms with Crippen molar-refractivity contribution in [3.63, 3.8) is 0 Å². The van der Waals surface area contributed by atoms with Gasteiger partial charge < -0.3 is 4.42 Å². The summed E-state index contributed by atoms with van der Waals surface area (Å²) in [5.41, 5.74) is 2.96. The third-order valence-corrected chi connectivity index (χ3v) is 5.39. The Morgan fingerprint density at radius 3 is 2.52 bits per heavy atom. The predicted molar refractivity (Wildman–Crippen MR) is 106 cm³/mol. The van der Waals surface area contributed by atoms with Gasteiger partial charge in [-0.05, 0) is 48.0 Å². The van der Waals surface area contributed by atoms with Gasteiger partial charge in [-0.3, -0.25) is 5.01 Å². The Morgan fingerprint density at radius 2 is 1.84 bits per heavy atom. The van der Waals surface area contributed by atoms with E-state index in [2.05, 4.69) is 28.1 Å². The van der Waals surface area contributed by atoms with Crippen LogP contribution in [0.1, 0.15) is 23.8 Å². The summed E-state index contributed by atoms with van der Waals surface area (Å²) in [4.78, 5) is 0. The molecule has 4 rings (SSSR count). The van der Waals surface area contributed by atoms with Gasteiger partial charge in [-0.25, -0.2) is 0 Å². The van der Waals surface area contributed by atoms with E-state index in [1.54, 1.807) is 12.3 Å². The minimum Gasteiger partial charge on any atom is -0.467 e. The summed E-state index contributed by atoms with van der Waals surface area (Å²) in [5, 5.41) is 7.81. The van der Waals surface area contributed by atoms with Crippen LogP contribution in [0.15, 0.2) is 74.9 Å². The number of hydrogen-bond acceptors (Lipinski definition) is 3. The second-order valence-corrected chi connectivity index (χ2v) is 7.46. The Balaban J connectivity index is 1.75. The highest BCUT2D eigenvalue weighted by Crippen LogP contribution is 2.38. The molecule has 126 valence electrons. The molecule has 6 heteroatoms. The number of benzene rings is 2. The molecule has 0 saturated carbocycles. The van der Waals surface area contributed by atoms with E-state index in [1.807, 2.05) is 41.4 Å². The highest BCUT2D eigenvalue weighted by atomic mass is 79.9. The zero-order chi connectivity index (χ0) is 17.4. The average Bonchev–Trinajstić information content (AvgIpc) is 3.27. The summed E-state index contributed by atoms with van der Waals surface area (Å²) in [7, 11) is 0. The number of anilines is 1. The van der Waals surface area contributed by atoms with Crippen molar-refractivity contribution in [2.75, 3.05) is 5.01 Å². The number of halogens is 3. The highest BCUT2D eigenvalue weighted by Gasteiger charge is 2.32. The van der Waals surface area contributed by atoms with Crippen LogP contribution in [-0.4, -0.2) is 5.71 Å². The minimum atomic E-state index is -0.0223. The van der Waals surface area contributed by atoms with Crippen LogP contribution in [-0.2, 0) is 0 Å². The van der Waals surface area contributed by atoms with Crippen LogP contribution in [0.5, 0.6) is 0 Å². The Morgan fingerprint density at radius 1 is 1.04 bits per heavy atom. The molecule has 1 unspecified atom stereocenters. The van der Waals surface area contributed by atoms with Crippen molar-refractivity contribution in [2.45, 2.75) is 12.5 Å². The monoisotopic (exact) mass is 434 g/mol. The van der Waals surface area contributed by atoms with Gasteiger partial charge in [0.1, 0.15) is 11.8 Å². The Bertz CT molecular complexity index is 923. The summed E-state index contributed by atoms with van der Waals surface area (Å²) in [6.07, 6.45) is 2.43. The Kier molecular flexibility index (Phi) is 4.59. The van der Waals surface area contributed by atoms with Gasteiger partial charge in [0.15, 0.2) is 0 Å². The third-order valence-electron chi connectivity index (χ3n) is 4.13. The van der Waals surface area contributed by atoms with Crippen molar-refractivity contribution in [1.82, 2.24) is 0 Å². The van der Waals surface area contributed by atoms with E-state index in [-0.39, 0.29) is 6.04 Å². The number of rotatable bonds is 3. The quantitative estimate of drug-likeness (QED) is 0.457. The minimum absolute atomic E-state index is 0.0223. The van der Waals surface area contributed by atoms with Crippen LogP contribution in [0.3, 0.4) is 0 Å². The molecule has 3 nitrogen and oxygen atoms in total. The van der Waals surface area contributed by atoms with E-state index in [0.29, 0.717) is 10.0 Å². The fraction of sp³-hybridized carbons (Fsp3) is 0.105. The zero-order valence-electron chi connectivity index (χ0n) is 13.0. The van der Waals surface area contributed by atoms with Crippen LogP contribution in [0.25, 0.3) is 0 Å². The zero-order valence-corrected chi connectivity index (χ0v) is 16.1. The lowest BCUT2D eigenvalue weighted by atomic mass is 10.0. The smallest absolute Gasteiger partial charge is 0.128 e. The van der Waals surface area contributed by atoms with Crippen molar-refractivity contribution in [2.24, 2.45) is 5.10 Å². The first-order valence-electron chi connectivity index (χ1n) is 7.73. The molecular formula is C19H13BrCl2N2O. The van der Waals surface area contributed by atoms with E-state index in [0.717, 1.165) is 33.6 Å². The summed E-state index contributed by atoms with van der Waals surface area (Å²) in [6.45, 7) is 0. The lowest BCUT2D eigenvalue weighted by Crippen LogP contribution is -2.17. The molecule has 1 aromatic heterocycles. The molecule has 0 fully saturated rings. The first-order valence-corrected chi connectivity index (χ1v) is 9.28. The number of furan rings is 1. The summed E-state index contributed by atoms with van der Waals surface area (Å²) >= 11 is 15.7. The molecule has 0 aliphatic carbocycles. The molecule has 2 aromatic carbocycles. The molecule has 1 aliphatic rings. The molecule has 0 bridgehead atoms. The maximum Gasteiger partial charge on any atom is 0.128 e. The molecule has 0 saturated heterocycles. The van der Waals surface area contributed by atoms with Crippen LogP contribution in [0.2, 0.25) is 10.0 Å². The SMILES string of the molecule is Clc1ccc(N2N=C(c3ccc(Br)cc3)CC2c2ccco2)cc1Cl. The predicted octanol–water partition coefficient (Wildman–Crippen LogP) is 6.70. The molecule has 2 heterocycles. The van der Waals surface area contributed by atoms with E-state index in [4.69, 9.17) is 32.7 Å². The van der Waals surface area contributed by atoms with E-state index in [9.17, 15) is 0 Å². The second-order valence-electron chi connectivity index (χ2n) is 5.73. The van der Waals surface area contributed by atoms with Crippen LogP contribution < -0.4 is 5.01 Å². The summed E-state index contributed by atoms with van der Waals surface area (Å²) < 4.78 is 6.69. The van der Waals surface area contributed by atoms with Crippen molar-refractivity contribution in [3.05, 3.63) is 86.7 Å². The van der Waals surface area contributed by atoms with E-state index < -0.39 is 0 Å². The summed E-state index contributed by atoms with van der Waals surface area (Å²) in [6, 6.07) is 17.5. The van der Waals surface area contributed by atoms with Crippen LogP contribution in [0.4, 0.5) is 5.69 Å². The second kappa shape index (κ2) is 6.87. The first-order chi connectivity index (χ1) is 12.1. The molecular weight excluding hydrogens is 423 g/mol. The van der Waals surface area contributed by atoms with Crippen molar-refractivity contribution < 1.29 is 4.42 Å². The summed E-state index contributed by atoms with van der Waals surface area (Å²) in [5.74, 6) is 0.863. The molecule has 1 aliphatic heterocycles. The average molecular weight is 436 g/mol. The largest absolute Gasteiger partial charge is 0.467 e. The van der Waals surface area contributed by atoms with E-state index >= 15 is 0 Å². The van der Waals surface area contributed by atoms with Gasteiger partial charge in [-0.1, -0.05) is 51.3 Å². The molecule has 0 amide bonds. The van der Waals surface area contributed by atoms with Gasteiger partial charge in [0, 0.05) is 10.9 Å². The highest BCUT2D eigenvalue weighted by molar-refractivity contribution is 9.10. The number of nitrogens with zero attached hydrogens (tertiary/aromatic N) is 2. The molecule has 0 spiro atoms.